The number of halogens is 2. The van der Waals surface area contributed by atoms with Crippen LogP contribution in [0.4, 0.5) is 4.79 Å². The molecule has 1 heterocycles. The van der Waals surface area contributed by atoms with Crippen molar-refractivity contribution in [2.24, 2.45) is 0 Å². The van der Waals surface area contributed by atoms with Gasteiger partial charge in [-0.1, -0.05) is 15.9 Å². The maximum absolute atomic E-state index is 11.7. The Labute approximate surface area is 130 Å². The molecular formula is C11H7BrINO3S. The number of aromatic hydroxyl groups is 1. The lowest BCUT2D eigenvalue weighted by atomic mass is 10.2. The predicted octanol–water partition coefficient (Wildman–Crippen LogP) is 3.43. The van der Waals surface area contributed by atoms with Gasteiger partial charge in [0.15, 0.2) is 0 Å². The molecule has 1 saturated heterocycles. The van der Waals surface area contributed by atoms with Crippen LogP contribution in [0.2, 0.25) is 0 Å². The molecule has 0 unspecified atom stereocenters. The van der Waals surface area contributed by atoms with Crippen molar-refractivity contribution in [2.45, 2.75) is 0 Å². The lowest BCUT2D eigenvalue weighted by Gasteiger charge is -2.04. The highest BCUT2D eigenvalue weighted by molar-refractivity contribution is 14.1. The summed E-state index contributed by atoms with van der Waals surface area (Å²) >= 11 is 6.19. The summed E-state index contributed by atoms with van der Waals surface area (Å²) in [5, 5.41) is 9.60. The molecule has 1 aliphatic heterocycles. The first-order valence-electron chi connectivity index (χ1n) is 4.79. The lowest BCUT2D eigenvalue weighted by molar-refractivity contribution is -0.121. The predicted molar refractivity (Wildman–Crippen MR) is 82.3 cm³/mol. The minimum atomic E-state index is -0.348. The number of nitrogens with zero attached hydrogens (tertiary/aromatic N) is 1. The third-order valence-electron chi connectivity index (χ3n) is 2.33. The summed E-state index contributed by atoms with van der Waals surface area (Å²) in [6, 6.07) is 3.46. The molecule has 94 valence electrons. The number of phenols is 1. The quantitative estimate of drug-likeness (QED) is 0.538. The normalized spacial score (nSPS) is 17.9. The number of carbonyl (C=O) groups excluding carboxylic acids is 2. The van der Waals surface area contributed by atoms with E-state index in [2.05, 4.69) is 15.9 Å². The van der Waals surface area contributed by atoms with Gasteiger partial charge in [-0.25, -0.2) is 0 Å². The zero-order chi connectivity index (χ0) is 13.4. The molecule has 0 bridgehead atoms. The molecule has 0 saturated carbocycles. The van der Waals surface area contributed by atoms with E-state index in [1.165, 1.54) is 13.1 Å². The van der Waals surface area contributed by atoms with Crippen LogP contribution in [0, 0.1) is 3.57 Å². The van der Waals surface area contributed by atoms with Gasteiger partial charge in [0, 0.05) is 17.1 Å². The second-order valence-corrected chi connectivity index (χ2v) is 6.64. The number of phenolic OH excluding ortho intramolecular Hbond substituents is 1. The molecule has 0 aliphatic carbocycles. The standard InChI is InChI=1S/C11H7BrINO3S/c1-14-10(16)8(18-11(14)17)3-5-2-6(12)4-7(13)9(5)15/h2-4,15H,1H3/b8-3+. The van der Waals surface area contributed by atoms with E-state index in [4.69, 9.17) is 0 Å². The third kappa shape index (κ3) is 2.57. The van der Waals surface area contributed by atoms with Crippen LogP contribution in [-0.4, -0.2) is 28.2 Å². The number of amides is 2. The Kier molecular flexibility index (Phi) is 4.02. The highest BCUT2D eigenvalue weighted by atomic mass is 127. The minimum Gasteiger partial charge on any atom is -0.506 e. The van der Waals surface area contributed by atoms with Crippen LogP contribution in [0.1, 0.15) is 5.56 Å². The van der Waals surface area contributed by atoms with Crippen molar-refractivity contribution in [1.82, 2.24) is 4.90 Å². The molecule has 0 radical (unpaired) electrons. The van der Waals surface area contributed by atoms with Gasteiger partial charge < -0.3 is 5.11 Å². The molecule has 2 rings (SSSR count). The molecule has 1 fully saturated rings. The summed E-state index contributed by atoms with van der Waals surface area (Å²) in [7, 11) is 1.43. The molecule has 0 atom stereocenters. The van der Waals surface area contributed by atoms with Crippen molar-refractivity contribution >= 4 is 67.5 Å². The second-order valence-electron chi connectivity index (χ2n) is 3.57. The van der Waals surface area contributed by atoms with E-state index < -0.39 is 0 Å². The van der Waals surface area contributed by atoms with E-state index in [1.807, 2.05) is 22.6 Å². The van der Waals surface area contributed by atoms with Crippen molar-refractivity contribution in [1.29, 1.82) is 0 Å². The van der Waals surface area contributed by atoms with Crippen molar-refractivity contribution < 1.29 is 14.7 Å². The second kappa shape index (κ2) is 5.22. The number of hydrogen-bond donors (Lipinski definition) is 1. The Morgan fingerprint density at radius 3 is 2.67 bits per heavy atom. The number of likely N-dealkylation sites (N-methyl/N-ethyl adjacent to an activating group) is 1. The summed E-state index contributed by atoms with van der Waals surface area (Å²) in [6.45, 7) is 0. The molecule has 2 amide bonds. The fraction of sp³-hybridized carbons (Fsp3) is 0.0909. The summed E-state index contributed by atoms with van der Waals surface area (Å²) in [5.74, 6) is -0.249. The summed E-state index contributed by atoms with van der Waals surface area (Å²) in [4.78, 5) is 24.4. The van der Waals surface area contributed by atoms with E-state index in [0.29, 0.717) is 14.0 Å². The number of thioether (sulfide) groups is 1. The third-order valence-corrected chi connectivity index (χ3v) is 4.57. The Balaban J connectivity index is 2.46. The first-order valence-corrected chi connectivity index (χ1v) is 7.48. The first-order chi connectivity index (χ1) is 8.40. The fourth-order valence-electron chi connectivity index (χ4n) is 1.38. The Morgan fingerprint density at radius 2 is 2.11 bits per heavy atom. The van der Waals surface area contributed by atoms with E-state index in [0.717, 1.165) is 21.1 Å². The van der Waals surface area contributed by atoms with Gasteiger partial charge in [-0.15, -0.1) is 0 Å². The van der Waals surface area contributed by atoms with Crippen LogP contribution >= 0.6 is 50.3 Å². The van der Waals surface area contributed by atoms with Gasteiger partial charge >= 0.3 is 0 Å². The van der Waals surface area contributed by atoms with Crippen molar-refractivity contribution in [2.75, 3.05) is 7.05 Å². The van der Waals surface area contributed by atoms with Crippen LogP contribution in [-0.2, 0) is 4.79 Å². The topological polar surface area (TPSA) is 57.6 Å². The van der Waals surface area contributed by atoms with Gasteiger partial charge in [0.2, 0.25) is 0 Å². The zero-order valence-electron chi connectivity index (χ0n) is 9.11. The SMILES string of the molecule is CN1C(=O)S/C(=C/c2cc(Br)cc(I)c2O)C1=O. The van der Waals surface area contributed by atoms with E-state index in [9.17, 15) is 14.7 Å². The molecule has 1 aromatic carbocycles. The van der Waals surface area contributed by atoms with Crippen LogP contribution in [0.15, 0.2) is 21.5 Å². The zero-order valence-corrected chi connectivity index (χ0v) is 13.7. The largest absolute Gasteiger partial charge is 0.506 e. The van der Waals surface area contributed by atoms with Crippen LogP contribution in [0.3, 0.4) is 0 Å². The molecule has 1 aliphatic rings. The highest BCUT2D eigenvalue weighted by Crippen LogP contribution is 2.35. The van der Waals surface area contributed by atoms with Gasteiger partial charge in [-0.05, 0) is 52.6 Å². The monoisotopic (exact) mass is 439 g/mol. The molecule has 18 heavy (non-hydrogen) atoms. The van der Waals surface area contributed by atoms with Gasteiger partial charge in [0.25, 0.3) is 11.1 Å². The van der Waals surface area contributed by atoms with Crippen molar-refractivity contribution in [3.8, 4) is 5.75 Å². The number of carbonyl (C=O) groups is 2. The maximum atomic E-state index is 11.7. The number of rotatable bonds is 1. The van der Waals surface area contributed by atoms with E-state index >= 15 is 0 Å². The molecule has 0 aromatic heterocycles. The molecule has 0 spiro atoms. The van der Waals surface area contributed by atoms with Crippen molar-refractivity contribution in [3.63, 3.8) is 0 Å². The number of hydrogen-bond acceptors (Lipinski definition) is 4. The van der Waals surface area contributed by atoms with E-state index in [-0.39, 0.29) is 16.9 Å². The molecule has 1 N–H and O–H groups in total. The van der Waals surface area contributed by atoms with Crippen LogP contribution < -0.4 is 0 Å². The summed E-state index contributed by atoms with van der Waals surface area (Å²) in [5.41, 5.74) is 0.507. The molecular weight excluding hydrogens is 433 g/mol. The van der Waals surface area contributed by atoms with Gasteiger partial charge in [-0.2, -0.15) is 0 Å². The smallest absolute Gasteiger partial charge is 0.293 e. The van der Waals surface area contributed by atoms with Gasteiger partial charge in [0.1, 0.15) is 5.75 Å². The highest BCUT2D eigenvalue weighted by Gasteiger charge is 2.32. The number of imide groups is 1. The van der Waals surface area contributed by atoms with Crippen LogP contribution in [0.25, 0.3) is 6.08 Å². The molecule has 4 nitrogen and oxygen atoms in total. The average Bonchev–Trinajstić information content (AvgIpc) is 2.53. The Hall–Kier alpha value is -0.540. The van der Waals surface area contributed by atoms with Gasteiger partial charge in [-0.3, -0.25) is 14.5 Å². The molecule has 1 aromatic rings. The summed E-state index contributed by atoms with van der Waals surface area (Å²) in [6.07, 6.45) is 1.52. The molecule has 7 heteroatoms. The van der Waals surface area contributed by atoms with E-state index in [1.54, 1.807) is 12.1 Å². The fourth-order valence-corrected chi connectivity index (χ4v) is 3.75. The van der Waals surface area contributed by atoms with Crippen LogP contribution in [0.5, 0.6) is 5.75 Å². The average molecular weight is 440 g/mol. The minimum absolute atomic E-state index is 0.0988. The first kappa shape index (κ1) is 13.9. The lowest BCUT2D eigenvalue weighted by Crippen LogP contribution is -2.22. The summed E-state index contributed by atoms with van der Waals surface area (Å²) < 4.78 is 1.47. The van der Waals surface area contributed by atoms with Crippen molar-refractivity contribution in [3.05, 3.63) is 30.6 Å². The number of benzene rings is 1. The Bertz CT molecular complexity index is 588. The Morgan fingerprint density at radius 1 is 1.44 bits per heavy atom. The van der Waals surface area contributed by atoms with Gasteiger partial charge in [0.05, 0.1) is 8.48 Å². The maximum Gasteiger partial charge on any atom is 0.293 e.